The molecule has 4 nitrogen and oxygen atoms in total. The van der Waals surface area contributed by atoms with E-state index >= 15 is 0 Å². The molecule has 2 unspecified atom stereocenters. The van der Waals surface area contributed by atoms with Crippen molar-refractivity contribution in [3.8, 4) is 0 Å². The van der Waals surface area contributed by atoms with Crippen LogP contribution in [0.3, 0.4) is 0 Å². The molecule has 4 heteroatoms. The highest BCUT2D eigenvalue weighted by atomic mass is 16.4. The van der Waals surface area contributed by atoms with Gasteiger partial charge >= 0.3 is 5.97 Å². The van der Waals surface area contributed by atoms with Gasteiger partial charge in [-0.05, 0) is 62.8 Å². The van der Waals surface area contributed by atoms with Crippen LogP contribution in [0.4, 0.5) is 0 Å². The molecule has 1 aromatic carbocycles. The summed E-state index contributed by atoms with van der Waals surface area (Å²) in [5.41, 5.74) is 2.44. The van der Waals surface area contributed by atoms with Gasteiger partial charge < -0.3 is 15.7 Å². The number of carboxylic acid groups (broad SMARTS) is 1. The average molecular weight is 383 g/mol. The third-order valence-corrected chi connectivity index (χ3v) is 7.04. The lowest BCUT2D eigenvalue weighted by Crippen LogP contribution is -2.43. The van der Waals surface area contributed by atoms with Crippen molar-refractivity contribution in [3.63, 3.8) is 0 Å². The van der Waals surface area contributed by atoms with Crippen LogP contribution in [0.25, 0.3) is 6.08 Å². The summed E-state index contributed by atoms with van der Waals surface area (Å²) in [4.78, 5) is 11.3. The van der Waals surface area contributed by atoms with E-state index in [0.29, 0.717) is 30.6 Å². The first-order valence-corrected chi connectivity index (χ1v) is 11.1. The van der Waals surface area contributed by atoms with E-state index in [1.807, 2.05) is 0 Å². The fraction of sp³-hybridized carbons (Fsp3) is 0.625. The normalized spacial score (nSPS) is 31.4. The van der Waals surface area contributed by atoms with Crippen LogP contribution in [-0.4, -0.2) is 35.7 Å². The molecule has 0 radical (unpaired) electrons. The van der Waals surface area contributed by atoms with Gasteiger partial charge in [0.15, 0.2) is 0 Å². The summed E-state index contributed by atoms with van der Waals surface area (Å²) in [7, 11) is 0. The topological polar surface area (TPSA) is 61.4 Å². The summed E-state index contributed by atoms with van der Waals surface area (Å²) in [5, 5.41) is 16.8. The van der Waals surface area contributed by atoms with Gasteiger partial charge in [-0.1, -0.05) is 48.9 Å². The number of nitrogens with one attached hydrogen (secondary N) is 2. The number of hydrogen-bond acceptors (Lipinski definition) is 3. The van der Waals surface area contributed by atoms with Gasteiger partial charge in [-0.3, -0.25) is 4.79 Å². The van der Waals surface area contributed by atoms with Crippen LogP contribution < -0.4 is 10.6 Å². The first-order valence-electron chi connectivity index (χ1n) is 11.1. The minimum Gasteiger partial charge on any atom is -0.481 e. The van der Waals surface area contributed by atoms with Crippen LogP contribution in [0.5, 0.6) is 0 Å². The van der Waals surface area contributed by atoms with Gasteiger partial charge in [0.1, 0.15) is 0 Å². The smallest absolute Gasteiger partial charge is 0.310 e. The van der Waals surface area contributed by atoms with Crippen molar-refractivity contribution in [3.05, 3.63) is 41.5 Å². The maximum absolute atomic E-state index is 11.3. The van der Waals surface area contributed by atoms with E-state index in [1.165, 1.54) is 24.8 Å². The number of benzene rings is 1. The Balaban J connectivity index is 1.20. The molecule has 28 heavy (non-hydrogen) atoms. The SMILES string of the molecule is CC/C(=C\c1ccccc1)C1CC1N[C@H]1CC[C@H](NCC2(C(=O)O)CC2)CC1. The van der Waals surface area contributed by atoms with Crippen LogP contribution in [0.1, 0.15) is 63.9 Å². The van der Waals surface area contributed by atoms with E-state index in [-0.39, 0.29) is 0 Å². The molecule has 0 amide bonds. The Kier molecular flexibility index (Phi) is 5.88. The molecule has 3 saturated carbocycles. The van der Waals surface area contributed by atoms with Gasteiger partial charge in [0.25, 0.3) is 0 Å². The zero-order chi connectivity index (χ0) is 19.6. The predicted octanol–water partition coefficient (Wildman–Crippen LogP) is 4.22. The predicted molar refractivity (Wildman–Crippen MR) is 113 cm³/mol. The van der Waals surface area contributed by atoms with Crippen LogP contribution in [-0.2, 0) is 4.79 Å². The van der Waals surface area contributed by atoms with Crippen molar-refractivity contribution in [2.24, 2.45) is 11.3 Å². The molecule has 0 spiro atoms. The molecule has 0 aromatic heterocycles. The number of carboxylic acids is 1. The zero-order valence-corrected chi connectivity index (χ0v) is 17.0. The lowest BCUT2D eigenvalue weighted by molar-refractivity contribution is -0.143. The standard InChI is InChI=1S/C24H34N2O2/c1-2-18(14-17-6-4-3-5-7-17)21-15-22(21)26-20-10-8-19(9-11-20)25-16-24(12-13-24)23(27)28/h3-7,14,19-22,25-26H,2,8-13,15-16H2,1H3,(H,27,28)/b18-14+/t19-,20-,21?,22?. The van der Waals surface area contributed by atoms with E-state index in [4.69, 9.17) is 0 Å². The van der Waals surface area contributed by atoms with Crippen molar-refractivity contribution in [1.29, 1.82) is 0 Å². The van der Waals surface area contributed by atoms with Gasteiger partial charge in [0, 0.05) is 24.7 Å². The Hall–Kier alpha value is -1.65. The van der Waals surface area contributed by atoms with Crippen LogP contribution >= 0.6 is 0 Å². The molecular formula is C24H34N2O2. The van der Waals surface area contributed by atoms with Crippen molar-refractivity contribution in [1.82, 2.24) is 10.6 Å². The first kappa shape index (κ1) is 19.7. The van der Waals surface area contributed by atoms with E-state index < -0.39 is 11.4 Å². The highest BCUT2D eigenvalue weighted by molar-refractivity contribution is 5.78. The van der Waals surface area contributed by atoms with Gasteiger partial charge in [0.05, 0.1) is 5.41 Å². The fourth-order valence-corrected chi connectivity index (χ4v) is 4.75. The van der Waals surface area contributed by atoms with Gasteiger partial charge in [-0.2, -0.15) is 0 Å². The molecule has 2 atom stereocenters. The van der Waals surface area contributed by atoms with E-state index in [0.717, 1.165) is 32.1 Å². The fourth-order valence-electron chi connectivity index (χ4n) is 4.75. The van der Waals surface area contributed by atoms with Crippen molar-refractivity contribution < 1.29 is 9.90 Å². The first-order chi connectivity index (χ1) is 13.6. The lowest BCUT2D eigenvalue weighted by Gasteiger charge is -2.31. The molecule has 0 saturated heterocycles. The van der Waals surface area contributed by atoms with Gasteiger partial charge in [-0.15, -0.1) is 0 Å². The molecule has 0 heterocycles. The second-order valence-electron chi connectivity index (χ2n) is 9.11. The molecule has 3 N–H and O–H groups in total. The molecule has 3 aliphatic rings. The van der Waals surface area contributed by atoms with Gasteiger partial charge in [0.2, 0.25) is 0 Å². The van der Waals surface area contributed by atoms with Crippen LogP contribution in [0.15, 0.2) is 35.9 Å². The number of aliphatic carboxylic acids is 1. The van der Waals surface area contributed by atoms with E-state index in [9.17, 15) is 9.90 Å². The summed E-state index contributed by atoms with van der Waals surface area (Å²) < 4.78 is 0. The Morgan fingerprint density at radius 3 is 2.43 bits per heavy atom. The molecule has 0 bridgehead atoms. The summed E-state index contributed by atoms with van der Waals surface area (Å²) in [6.07, 6.45) is 11.2. The van der Waals surface area contributed by atoms with Crippen molar-refractivity contribution in [2.75, 3.05) is 6.54 Å². The molecule has 3 fully saturated rings. The minimum atomic E-state index is -0.620. The second-order valence-corrected chi connectivity index (χ2v) is 9.11. The molecule has 3 aliphatic carbocycles. The van der Waals surface area contributed by atoms with Crippen LogP contribution in [0, 0.1) is 11.3 Å². The maximum atomic E-state index is 11.3. The summed E-state index contributed by atoms with van der Waals surface area (Å²) in [6.45, 7) is 2.92. The molecule has 0 aliphatic heterocycles. The monoisotopic (exact) mass is 382 g/mol. The van der Waals surface area contributed by atoms with E-state index in [2.05, 4.69) is 54.0 Å². The van der Waals surface area contributed by atoms with Crippen molar-refractivity contribution in [2.45, 2.75) is 76.4 Å². The van der Waals surface area contributed by atoms with E-state index in [1.54, 1.807) is 5.57 Å². The average Bonchev–Trinajstić information content (AvgIpc) is 3.63. The number of hydrogen-bond donors (Lipinski definition) is 3. The third kappa shape index (κ3) is 4.66. The summed E-state index contributed by atoms with van der Waals surface area (Å²) in [6, 6.07) is 12.4. The largest absolute Gasteiger partial charge is 0.481 e. The number of rotatable bonds is 9. The minimum absolute atomic E-state index is 0.446. The van der Waals surface area contributed by atoms with Crippen LogP contribution in [0.2, 0.25) is 0 Å². The molecule has 4 rings (SSSR count). The zero-order valence-electron chi connectivity index (χ0n) is 17.0. The Labute approximate surface area is 168 Å². The Bertz CT molecular complexity index is 703. The third-order valence-electron chi connectivity index (χ3n) is 7.04. The molecule has 152 valence electrons. The second kappa shape index (κ2) is 8.38. The Morgan fingerprint density at radius 2 is 1.82 bits per heavy atom. The summed E-state index contributed by atoms with van der Waals surface area (Å²) >= 11 is 0. The van der Waals surface area contributed by atoms with Gasteiger partial charge in [-0.25, -0.2) is 0 Å². The highest BCUT2D eigenvalue weighted by Gasteiger charge is 2.50. The molecule has 1 aromatic rings. The summed E-state index contributed by atoms with van der Waals surface area (Å²) in [5.74, 6) is 0.0803. The van der Waals surface area contributed by atoms with Crippen molar-refractivity contribution >= 4 is 12.0 Å². The quantitative estimate of drug-likeness (QED) is 0.598. The highest BCUT2D eigenvalue weighted by Crippen LogP contribution is 2.45. The number of carbonyl (C=O) groups is 1. The Morgan fingerprint density at radius 1 is 1.14 bits per heavy atom. The molecular weight excluding hydrogens is 348 g/mol. The lowest BCUT2D eigenvalue weighted by atomic mass is 9.90. The maximum Gasteiger partial charge on any atom is 0.310 e.